The third-order valence-corrected chi connectivity index (χ3v) is 1.67. The van der Waals surface area contributed by atoms with Crippen LogP contribution in [0.25, 0.3) is 0 Å². The van der Waals surface area contributed by atoms with Gasteiger partial charge >= 0.3 is 0 Å². The van der Waals surface area contributed by atoms with Gasteiger partial charge in [0.1, 0.15) is 0 Å². The average Bonchev–Trinajstić information content (AvgIpc) is 2.10. The molecular formula is C12H20. The highest BCUT2D eigenvalue weighted by Gasteiger charge is 1.81. The average molecular weight is 164 g/mol. The molecule has 0 radical (unpaired) electrons. The fraction of sp³-hybridized carbons (Fsp3) is 0.500. The van der Waals surface area contributed by atoms with Crippen LogP contribution in [0.5, 0.6) is 0 Å². The van der Waals surface area contributed by atoms with Crippen LogP contribution in [0.3, 0.4) is 0 Å². The lowest BCUT2D eigenvalue weighted by Crippen LogP contribution is -1.71. The third kappa shape index (κ3) is 9.22. The van der Waals surface area contributed by atoms with Gasteiger partial charge in [0.25, 0.3) is 0 Å². The predicted molar refractivity (Wildman–Crippen MR) is 57.2 cm³/mol. The maximum Gasteiger partial charge on any atom is -0.0347 e. The highest BCUT2D eigenvalue weighted by atomic mass is 13.9. The number of hydrogen-bond donors (Lipinski definition) is 0. The van der Waals surface area contributed by atoms with Gasteiger partial charge in [-0.05, 0) is 39.5 Å². The lowest BCUT2D eigenvalue weighted by Gasteiger charge is -1.91. The summed E-state index contributed by atoms with van der Waals surface area (Å²) in [7, 11) is 0. The van der Waals surface area contributed by atoms with Gasteiger partial charge < -0.3 is 0 Å². The zero-order valence-electron chi connectivity index (χ0n) is 8.29. The Kier molecular flexibility index (Phi) is 9.56. The Hall–Kier alpha value is -0.780. The van der Waals surface area contributed by atoms with Gasteiger partial charge in [0.2, 0.25) is 0 Å². The van der Waals surface area contributed by atoms with Gasteiger partial charge in [0, 0.05) is 0 Å². The highest BCUT2D eigenvalue weighted by Crippen LogP contribution is 2.01. The number of rotatable bonds is 6. The number of allylic oxidation sites excluding steroid dienone is 6. The van der Waals surface area contributed by atoms with Gasteiger partial charge in [-0.25, -0.2) is 0 Å². The van der Waals surface area contributed by atoms with E-state index in [4.69, 9.17) is 0 Å². The van der Waals surface area contributed by atoms with E-state index in [1.54, 1.807) is 0 Å². The maximum absolute atomic E-state index is 2.23. The zero-order chi connectivity index (χ0) is 9.07. The number of hydrogen-bond acceptors (Lipinski definition) is 0. The molecule has 0 aliphatic carbocycles. The predicted octanol–water partition coefficient (Wildman–Crippen LogP) is 4.26. The molecule has 0 aromatic rings. The SMILES string of the molecule is C/C=C/C=C\CCCC/C=C/C. The molecule has 68 valence electrons. The van der Waals surface area contributed by atoms with Gasteiger partial charge in [0.15, 0.2) is 0 Å². The first-order chi connectivity index (χ1) is 5.91. The Labute approximate surface area is 76.7 Å². The summed E-state index contributed by atoms with van der Waals surface area (Å²) in [6.07, 6.45) is 17.9. The standard InChI is InChI=1S/C12H20/c1-3-5-7-9-11-12-10-8-6-4-2/h3-7,9H,8,10-12H2,1-2H3/b5-3+,6-4+,9-7-. The van der Waals surface area contributed by atoms with Crippen molar-refractivity contribution in [2.45, 2.75) is 39.5 Å². The molecule has 0 atom stereocenters. The van der Waals surface area contributed by atoms with Gasteiger partial charge in [-0.1, -0.05) is 36.5 Å². The molecule has 0 N–H and O–H groups in total. The van der Waals surface area contributed by atoms with Crippen molar-refractivity contribution in [3.63, 3.8) is 0 Å². The first kappa shape index (κ1) is 11.2. The zero-order valence-corrected chi connectivity index (χ0v) is 8.29. The Morgan fingerprint density at radius 1 is 0.750 bits per heavy atom. The van der Waals surface area contributed by atoms with Crippen molar-refractivity contribution in [2.24, 2.45) is 0 Å². The highest BCUT2D eigenvalue weighted by molar-refractivity contribution is 5.00. The maximum atomic E-state index is 2.23. The van der Waals surface area contributed by atoms with Gasteiger partial charge in [-0.2, -0.15) is 0 Å². The summed E-state index contributed by atoms with van der Waals surface area (Å²) in [5, 5.41) is 0. The van der Waals surface area contributed by atoms with E-state index in [0.717, 1.165) is 0 Å². The molecule has 0 nitrogen and oxygen atoms in total. The second kappa shape index (κ2) is 10.2. The minimum Gasteiger partial charge on any atom is -0.0917 e. The van der Waals surface area contributed by atoms with Crippen molar-refractivity contribution in [3.8, 4) is 0 Å². The lowest BCUT2D eigenvalue weighted by molar-refractivity contribution is 0.762. The Balaban J connectivity index is 3.10. The Morgan fingerprint density at radius 2 is 1.42 bits per heavy atom. The van der Waals surface area contributed by atoms with E-state index < -0.39 is 0 Å². The van der Waals surface area contributed by atoms with Crippen LogP contribution in [0.1, 0.15) is 39.5 Å². The van der Waals surface area contributed by atoms with Crippen LogP contribution in [0.2, 0.25) is 0 Å². The summed E-state index contributed by atoms with van der Waals surface area (Å²) in [6, 6.07) is 0. The van der Waals surface area contributed by atoms with Crippen LogP contribution in [-0.2, 0) is 0 Å². The molecular weight excluding hydrogens is 144 g/mol. The van der Waals surface area contributed by atoms with Crippen LogP contribution in [0.4, 0.5) is 0 Å². The summed E-state index contributed by atoms with van der Waals surface area (Å²) in [5.41, 5.74) is 0. The van der Waals surface area contributed by atoms with Crippen molar-refractivity contribution in [1.29, 1.82) is 0 Å². The van der Waals surface area contributed by atoms with Crippen molar-refractivity contribution in [1.82, 2.24) is 0 Å². The molecule has 0 amide bonds. The first-order valence-corrected chi connectivity index (χ1v) is 4.80. The number of unbranched alkanes of at least 4 members (excludes halogenated alkanes) is 3. The second-order valence-electron chi connectivity index (χ2n) is 2.81. The largest absolute Gasteiger partial charge is 0.0917 e. The van der Waals surface area contributed by atoms with Crippen LogP contribution in [0.15, 0.2) is 36.5 Å². The minimum absolute atomic E-state index is 1.21. The molecule has 0 aromatic heterocycles. The molecule has 0 bridgehead atoms. The smallest absolute Gasteiger partial charge is 0.0347 e. The fourth-order valence-electron chi connectivity index (χ4n) is 0.977. The second-order valence-corrected chi connectivity index (χ2v) is 2.81. The first-order valence-electron chi connectivity index (χ1n) is 4.80. The molecule has 0 spiro atoms. The quantitative estimate of drug-likeness (QED) is 0.313. The van der Waals surface area contributed by atoms with Crippen molar-refractivity contribution in [2.75, 3.05) is 0 Å². The molecule has 0 heterocycles. The van der Waals surface area contributed by atoms with Crippen LogP contribution >= 0.6 is 0 Å². The van der Waals surface area contributed by atoms with Crippen molar-refractivity contribution >= 4 is 0 Å². The van der Waals surface area contributed by atoms with Crippen molar-refractivity contribution < 1.29 is 0 Å². The van der Waals surface area contributed by atoms with E-state index in [-0.39, 0.29) is 0 Å². The van der Waals surface area contributed by atoms with E-state index in [1.165, 1.54) is 25.7 Å². The van der Waals surface area contributed by atoms with Crippen LogP contribution in [-0.4, -0.2) is 0 Å². The molecule has 12 heavy (non-hydrogen) atoms. The van der Waals surface area contributed by atoms with Gasteiger partial charge in [-0.3, -0.25) is 0 Å². The normalized spacial score (nSPS) is 12.5. The fourth-order valence-corrected chi connectivity index (χ4v) is 0.977. The molecule has 0 aliphatic rings. The molecule has 0 rings (SSSR count). The Morgan fingerprint density at radius 3 is 2.00 bits per heavy atom. The van der Waals surface area contributed by atoms with E-state index in [0.29, 0.717) is 0 Å². The lowest BCUT2D eigenvalue weighted by atomic mass is 10.2. The molecule has 0 heteroatoms. The van der Waals surface area contributed by atoms with Crippen LogP contribution < -0.4 is 0 Å². The van der Waals surface area contributed by atoms with Crippen LogP contribution in [0, 0.1) is 0 Å². The van der Waals surface area contributed by atoms with E-state index in [1.807, 2.05) is 6.92 Å². The van der Waals surface area contributed by atoms with E-state index in [2.05, 4.69) is 43.4 Å². The summed E-state index contributed by atoms with van der Waals surface area (Å²) >= 11 is 0. The molecule has 0 aliphatic heterocycles. The van der Waals surface area contributed by atoms with Gasteiger partial charge in [-0.15, -0.1) is 0 Å². The molecule has 0 unspecified atom stereocenters. The summed E-state index contributed by atoms with van der Waals surface area (Å²) in [6.45, 7) is 4.11. The Bertz CT molecular complexity index is 149. The molecule has 0 fully saturated rings. The summed E-state index contributed by atoms with van der Waals surface area (Å²) < 4.78 is 0. The molecule has 0 saturated carbocycles. The summed E-state index contributed by atoms with van der Waals surface area (Å²) in [4.78, 5) is 0. The molecule has 0 aromatic carbocycles. The topological polar surface area (TPSA) is 0 Å². The molecule has 0 saturated heterocycles. The van der Waals surface area contributed by atoms with E-state index >= 15 is 0 Å². The van der Waals surface area contributed by atoms with Gasteiger partial charge in [0.05, 0.1) is 0 Å². The van der Waals surface area contributed by atoms with Crippen molar-refractivity contribution in [3.05, 3.63) is 36.5 Å². The minimum atomic E-state index is 1.21. The summed E-state index contributed by atoms with van der Waals surface area (Å²) in [5.74, 6) is 0. The van der Waals surface area contributed by atoms with E-state index in [9.17, 15) is 0 Å². The third-order valence-electron chi connectivity index (χ3n) is 1.67. The monoisotopic (exact) mass is 164 g/mol.